The zero-order valence-electron chi connectivity index (χ0n) is 9.40. The molecule has 0 saturated heterocycles. The Kier molecular flexibility index (Phi) is 3.61. The van der Waals surface area contributed by atoms with E-state index >= 15 is 0 Å². The monoisotopic (exact) mass is 251 g/mol. The van der Waals surface area contributed by atoms with Gasteiger partial charge in [0.1, 0.15) is 5.76 Å². The van der Waals surface area contributed by atoms with Gasteiger partial charge in [0.25, 0.3) is 0 Å². The van der Waals surface area contributed by atoms with Gasteiger partial charge in [-0.3, -0.25) is 0 Å². The lowest BCUT2D eigenvalue weighted by Crippen LogP contribution is -2.11. The first-order chi connectivity index (χ1) is 8.16. The van der Waals surface area contributed by atoms with Crippen molar-refractivity contribution in [1.29, 1.82) is 0 Å². The molecule has 2 heterocycles. The van der Waals surface area contributed by atoms with Gasteiger partial charge in [-0.15, -0.1) is 0 Å². The Labute approximate surface area is 103 Å². The molecule has 0 fully saturated rings. The molecule has 0 aromatic carbocycles. The Morgan fingerprint density at radius 1 is 1.53 bits per heavy atom. The summed E-state index contributed by atoms with van der Waals surface area (Å²) in [4.78, 5) is 10.8. The molecule has 0 saturated carbocycles. The predicted molar refractivity (Wildman–Crippen MR) is 65.3 cm³/mol. The summed E-state index contributed by atoms with van der Waals surface area (Å²) in [6.45, 7) is 3.02. The van der Waals surface area contributed by atoms with Gasteiger partial charge in [0.15, 0.2) is 0 Å². The molecule has 0 aliphatic rings. The fourth-order valence-electron chi connectivity index (χ4n) is 1.57. The molecule has 0 atom stereocenters. The summed E-state index contributed by atoms with van der Waals surface area (Å²) in [5, 5.41) is 16.1. The third-order valence-corrected chi connectivity index (χ3v) is 3.10. The van der Waals surface area contributed by atoms with Crippen LogP contribution in [0.15, 0.2) is 27.3 Å². The Morgan fingerprint density at radius 3 is 2.94 bits per heavy atom. The number of furan rings is 1. The molecule has 5 heteroatoms. The van der Waals surface area contributed by atoms with Crippen molar-refractivity contribution in [3.05, 3.63) is 45.5 Å². The molecule has 0 radical (unpaired) electrons. The van der Waals surface area contributed by atoms with Crippen LogP contribution in [-0.4, -0.2) is 11.1 Å². The minimum absolute atomic E-state index is 0.0253. The van der Waals surface area contributed by atoms with E-state index in [0.29, 0.717) is 17.9 Å². The highest BCUT2D eigenvalue weighted by atomic mass is 32.1. The molecule has 2 aromatic rings. The van der Waals surface area contributed by atoms with Crippen LogP contribution >= 0.6 is 11.3 Å². The number of hydrogen-bond donors (Lipinski definition) is 2. The Hall–Kier alpha value is -1.59. The van der Waals surface area contributed by atoms with E-state index < -0.39 is 5.97 Å². The molecule has 17 heavy (non-hydrogen) atoms. The summed E-state index contributed by atoms with van der Waals surface area (Å²) in [5.41, 5.74) is 1.88. The molecular weight excluding hydrogens is 238 g/mol. The molecule has 0 amide bonds. The van der Waals surface area contributed by atoms with Crippen LogP contribution in [0.3, 0.4) is 0 Å². The first-order valence-electron chi connectivity index (χ1n) is 5.21. The summed E-state index contributed by atoms with van der Waals surface area (Å²) in [6.07, 6.45) is 0. The number of hydrogen-bond acceptors (Lipinski definition) is 4. The highest BCUT2D eigenvalue weighted by Gasteiger charge is 2.13. The average Bonchev–Trinajstić information content (AvgIpc) is 2.88. The zero-order valence-corrected chi connectivity index (χ0v) is 10.2. The van der Waals surface area contributed by atoms with Crippen molar-refractivity contribution in [2.24, 2.45) is 0 Å². The van der Waals surface area contributed by atoms with E-state index in [1.165, 1.54) is 5.56 Å². The maximum atomic E-state index is 10.8. The Balaban J connectivity index is 1.91. The number of aryl methyl sites for hydroxylation is 1. The minimum atomic E-state index is -1.02. The molecule has 2 aromatic heterocycles. The maximum Gasteiger partial charge on any atom is 0.372 e. The molecule has 2 N–H and O–H groups in total. The van der Waals surface area contributed by atoms with Crippen molar-refractivity contribution in [2.45, 2.75) is 20.0 Å². The lowest BCUT2D eigenvalue weighted by Gasteiger charge is -1.99. The van der Waals surface area contributed by atoms with Crippen molar-refractivity contribution in [3.8, 4) is 0 Å². The van der Waals surface area contributed by atoms with Crippen LogP contribution < -0.4 is 5.32 Å². The van der Waals surface area contributed by atoms with Crippen LogP contribution in [0, 0.1) is 6.92 Å². The fourth-order valence-corrected chi connectivity index (χ4v) is 2.24. The van der Waals surface area contributed by atoms with Gasteiger partial charge in [-0.05, 0) is 35.4 Å². The SMILES string of the molecule is Cc1cc(CNCc2ccsc2)oc1C(=O)O. The second-order valence-electron chi connectivity index (χ2n) is 3.77. The van der Waals surface area contributed by atoms with E-state index in [1.807, 2.05) is 11.4 Å². The number of thiophene rings is 1. The van der Waals surface area contributed by atoms with E-state index in [-0.39, 0.29) is 5.76 Å². The van der Waals surface area contributed by atoms with Gasteiger partial charge in [-0.1, -0.05) is 0 Å². The van der Waals surface area contributed by atoms with Gasteiger partial charge in [-0.25, -0.2) is 4.79 Å². The van der Waals surface area contributed by atoms with Gasteiger partial charge in [0, 0.05) is 12.1 Å². The van der Waals surface area contributed by atoms with Crippen molar-refractivity contribution in [1.82, 2.24) is 5.32 Å². The fraction of sp³-hybridized carbons (Fsp3) is 0.250. The quantitative estimate of drug-likeness (QED) is 0.857. The highest BCUT2D eigenvalue weighted by Crippen LogP contribution is 2.14. The van der Waals surface area contributed by atoms with Crippen molar-refractivity contribution >= 4 is 17.3 Å². The highest BCUT2D eigenvalue weighted by molar-refractivity contribution is 7.07. The minimum Gasteiger partial charge on any atom is -0.475 e. The largest absolute Gasteiger partial charge is 0.475 e. The van der Waals surface area contributed by atoms with Gasteiger partial charge in [0.05, 0.1) is 6.54 Å². The molecule has 0 spiro atoms. The molecule has 0 bridgehead atoms. The lowest BCUT2D eigenvalue weighted by atomic mass is 10.2. The molecule has 2 rings (SSSR count). The second kappa shape index (κ2) is 5.16. The summed E-state index contributed by atoms with van der Waals surface area (Å²) in [6, 6.07) is 3.80. The number of nitrogens with one attached hydrogen (secondary N) is 1. The van der Waals surface area contributed by atoms with Gasteiger partial charge in [0.2, 0.25) is 5.76 Å². The topological polar surface area (TPSA) is 62.5 Å². The normalized spacial score (nSPS) is 10.6. The van der Waals surface area contributed by atoms with Crippen LogP contribution in [0.1, 0.15) is 27.4 Å². The van der Waals surface area contributed by atoms with Crippen molar-refractivity contribution < 1.29 is 14.3 Å². The Morgan fingerprint density at radius 2 is 2.35 bits per heavy atom. The number of carboxylic acid groups (broad SMARTS) is 1. The summed E-state index contributed by atoms with van der Waals surface area (Å²) in [5.74, 6) is -0.348. The lowest BCUT2D eigenvalue weighted by molar-refractivity contribution is 0.0659. The molecule has 0 aliphatic heterocycles. The van der Waals surface area contributed by atoms with Gasteiger partial charge in [-0.2, -0.15) is 11.3 Å². The summed E-state index contributed by atoms with van der Waals surface area (Å²) < 4.78 is 5.24. The number of carboxylic acids is 1. The molecule has 0 unspecified atom stereocenters. The third-order valence-electron chi connectivity index (χ3n) is 2.37. The van der Waals surface area contributed by atoms with E-state index in [9.17, 15) is 4.79 Å². The molecular formula is C12H13NO3S. The van der Waals surface area contributed by atoms with Crippen LogP contribution in [0.25, 0.3) is 0 Å². The molecule has 4 nitrogen and oxygen atoms in total. The van der Waals surface area contributed by atoms with Crippen molar-refractivity contribution in [3.63, 3.8) is 0 Å². The molecule has 0 aliphatic carbocycles. The molecule has 90 valence electrons. The maximum absolute atomic E-state index is 10.8. The average molecular weight is 251 g/mol. The van der Waals surface area contributed by atoms with Crippen molar-refractivity contribution in [2.75, 3.05) is 0 Å². The number of aromatic carboxylic acids is 1. The van der Waals surface area contributed by atoms with Crippen LogP contribution in [0.4, 0.5) is 0 Å². The van der Waals surface area contributed by atoms with E-state index in [0.717, 1.165) is 6.54 Å². The van der Waals surface area contributed by atoms with Gasteiger partial charge < -0.3 is 14.8 Å². The smallest absolute Gasteiger partial charge is 0.372 e. The predicted octanol–water partition coefficient (Wildman–Crippen LogP) is 2.64. The third kappa shape index (κ3) is 2.95. The van der Waals surface area contributed by atoms with Crippen LogP contribution in [0.5, 0.6) is 0 Å². The Bertz CT molecular complexity index is 502. The summed E-state index contributed by atoms with van der Waals surface area (Å²) >= 11 is 1.66. The summed E-state index contributed by atoms with van der Waals surface area (Å²) in [7, 11) is 0. The standard InChI is InChI=1S/C12H13NO3S/c1-8-4-10(16-11(8)12(14)15)6-13-5-9-2-3-17-7-9/h2-4,7,13H,5-6H2,1H3,(H,14,15). The van der Waals surface area contributed by atoms with E-state index in [2.05, 4.69) is 10.7 Å². The zero-order chi connectivity index (χ0) is 12.3. The second-order valence-corrected chi connectivity index (χ2v) is 4.55. The first-order valence-corrected chi connectivity index (χ1v) is 6.15. The van der Waals surface area contributed by atoms with E-state index in [4.69, 9.17) is 9.52 Å². The van der Waals surface area contributed by atoms with Gasteiger partial charge >= 0.3 is 5.97 Å². The first kappa shape index (κ1) is 11.9. The van der Waals surface area contributed by atoms with E-state index in [1.54, 1.807) is 24.3 Å². The van der Waals surface area contributed by atoms with Crippen LogP contribution in [0.2, 0.25) is 0 Å². The van der Waals surface area contributed by atoms with Crippen LogP contribution in [-0.2, 0) is 13.1 Å². The number of carbonyl (C=O) groups is 1. The number of rotatable bonds is 5.